The maximum absolute atomic E-state index is 12.2. The van der Waals surface area contributed by atoms with Crippen molar-refractivity contribution >= 4 is 45.3 Å². The highest BCUT2D eigenvalue weighted by atomic mass is 32.2. The fourth-order valence-corrected chi connectivity index (χ4v) is 6.18. The van der Waals surface area contributed by atoms with Crippen molar-refractivity contribution in [3.05, 3.63) is 16.8 Å². The van der Waals surface area contributed by atoms with Crippen LogP contribution < -0.4 is 10.6 Å². The summed E-state index contributed by atoms with van der Waals surface area (Å²) in [7, 11) is 0. The third-order valence-electron chi connectivity index (χ3n) is 5.34. The molecule has 2 aliphatic rings. The standard InChI is InChI=1S/C19H24N4O2S2/c1-11-6-7-13-14(8-11)27-18-16(13)17(20-10-21-18)26-9-15(24)23-19(25)22-12-4-2-3-5-12/h10-12H,2-9H2,1H3,(H2,22,23,24,25)/t11-/m0/s1. The Morgan fingerprint density at radius 2 is 2.07 bits per heavy atom. The minimum atomic E-state index is -0.387. The van der Waals surface area contributed by atoms with E-state index in [4.69, 9.17) is 0 Å². The quantitative estimate of drug-likeness (QED) is 0.600. The number of thiophene rings is 1. The second-order valence-electron chi connectivity index (χ2n) is 7.50. The number of aryl methyl sites for hydroxylation is 1. The molecule has 0 radical (unpaired) electrons. The van der Waals surface area contributed by atoms with Crippen LogP contribution in [0.15, 0.2) is 11.4 Å². The molecule has 0 spiro atoms. The van der Waals surface area contributed by atoms with Crippen molar-refractivity contribution in [3.8, 4) is 0 Å². The van der Waals surface area contributed by atoms with E-state index in [1.807, 2.05) is 0 Å². The Morgan fingerprint density at radius 3 is 2.89 bits per heavy atom. The van der Waals surface area contributed by atoms with Crippen molar-refractivity contribution in [2.24, 2.45) is 5.92 Å². The molecular weight excluding hydrogens is 380 g/mol. The maximum atomic E-state index is 12.2. The first-order valence-corrected chi connectivity index (χ1v) is 11.4. The zero-order chi connectivity index (χ0) is 18.8. The molecule has 3 amide bonds. The lowest BCUT2D eigenvalue weighted by atomic mass is 9.89. The molecular formula is C19H24N4O2S2. The van der Waals surface area contributed by atoms with E-state index in [1.54, 1.807) is 17.7 Å². The smallest absolute Gasteiger partial charge is 0.321 e. The van der Waals surface area contributed by atoms with Gasteiger partial charge in [0.2, 0.25) is 5.91 Å². The van der Waals surface area contributed by atoms with Gasteiger partial charge in [-0.1, -0.05) is 31.5 Å². The summed E-state index contributed by atoms with van der Waals surface area (Å²) < 4.78 is 0. The molecule has 8 heteroatoms. The normalized spacial score (nSPS) is 19.8. The average molecular weight is 405 g/mol. The van der Waals surface area contributed by atoms with Crippen molar-refractivity contribution in [1.29, 1.82) is 0 Å². The summed E-state index contributed by atoms with van der Waals surface area (Å²) in [6.07, 6.45) is 9.18. The molecule has 0 unspecified atom stereocenters. The van der Waals surface area contributed by atoms with Gasteiger partial charge in [0.15, 0.2) is 0 Å². The lowest BCUT2D eigenvalue weighted by Gasteiger charge is -2.18. The van der Waals surface area contributed by atoms with Crippen LogP contribution in [0.2, 0.25) is 0 Å². The average Bonchev–Trinajstić information content (AvgIpc) is 3.26. The van der Waals surface area contributed by atoms with E-state index < -0.39 is 0 Å². The van der Waals surface area contributed by atoms with E-state index in [0.717, 1.165) is 53.8 Å². The summed E-state index contributed by atoms with van der Waals surface area (Å²) in [6.45, 7) is 2.29. The van der Waals surface area contributed by atoms with Crippen LogP contribution in [0.5, 0.6) is 0 Å². The number of rotatable bonds is 4. The molecule has 1 atom stereocenters. The van der Waals surface area contributed by atoms with Gasteiger partial charge in [-0.2, -0.15) is 0 Å². The monoisotopic (exact) mass is 404 g/mol. The summed E-state index contributed by atoms with van der Waals surface area (Å²) in [5, 5.41) is 7.27. The molecule has 27 heavy (non-hydrogen) atoms. The van der Waals surface area contributed by atoms with Crippen molar-refractivity contribution in [1.82, 2.24) is 20.6 Å². The Balaban J connectivity index is 1.40. The zero-order valence-corrected chi connectivity index (χ0v) is 17.0. The number of hydrogen-bond acceptors (Lipinski definition) is 6. The molecule has 4 rings (SSSR count). The predicted molar refractivity (Wildman–Crippen MR) is 108 cm³/mol. The van der Waals surface area contributed by atoms with Gasteiger partial charge in [-0.05, 0) is 43.6 Å². The first-order chi connectivity index (χ1) is 13.1. The van der Waals surface area contributed by atoms with Gasteiger partial charge in [0, 0.05) is 16.3 Å². The van der Waals surface area contributed by atoms with Gasteiger partial charge >= 0.3 is 6.03 Å². The van der Waals surface area contributed by atoms with Crippen LogP contribution in [0.25, 0.3) is 10.2 Å². The second-order valence-corrected chi connectivity index (χ2v) is 9.55. The van der Waals surface area contributed by atoms with E-state index in [9.17, 15) is 9.59 Å². The van der Waals surface area contributed by atoms with Gasteiger partial charge in [0.1, 0.15) is 16.2 Å². The number of hydrogen-bond donors (Lipinski definition) is 2. The summed E-state index contributed by atoms with van der Waals surface area (Å²) in [6, 6.07) is -0.186. The van der Waals surface area contributed by atoms with Crippen molar-refractivity contribution in [2.75, 3.05) is 5.75 Å². The van der Waals surface area contributed by atoms with Crippen LogP contribution in [-0.2, 0) is 17.6 Å². The van der Waals surface area contributed by atoms with E-state index >= 15 is 0 Å². The summed E-state index contributed by atoms with van der Waals surface area (Å²) in [5.41, 5.74) is 1.36. The number of nitrogens with zero attached hydrogens (tertiary/aromatic N) is 2. The predicted octanol–water partition coefficient (Wildman–Crippen LogP) is 3.68. The highest BCUT2D eigenvalue weighted by molar-refractivity contribution is 8.00. The number of fused-ring (bicyclic) bond motifs is 3. The van der Waals surface area contributed by atoms with Gasteiger partial charge < -0.3 is 5.32 Å². The number of nitrogens with one attached hydrogen (secondary N) is 2. The SMILES string of the molecule is C[C@H]1CCc2c(sc3ncnc(SCC(=O)NC(=O)NC4CCCC4)c23)C1. The van der Waals surface area contributed by atoms with E-state index in [-0.39, 0.29) is 23.7 Å². The molecule has 144 valence electrons. The number of aromatic nitrogens is 2. The van der Waals surface area contributed by atoms with Gasteiger partial charge in [-0.15, -0.1) is 11.3 Å². The molecule has 0 aliphatic heterocycles. The summed E-state index contributed by atoms with van der Waals surface area (Å²) >= 11 is 3.14. The van der Waals surface area contributed by atoms with Crippen molar-refractivity contribution in [3.63, 3.8) is 0 Å². The van der Waals surface area contributed by atoms with Crippen LogP contribution >= 0.6 is 23.1 Å². The van der Waals surface area contributed by atoms with E-state index in [2.05, 4.69) is 27.5 Å². The molecule has 0 saturated heterocycles. The number of urea groups is 1. The lowest BCUT2D eigenvalue weighted by molar-refractivity contribution is -0.117. The molecule has 6 nitrogen and oxygen atoms in total. The van der Waals surface area contributed by atoms with Crippen molar-refractivity contribution in [2.45, 2.75) is 62.9 Å². The first-order valence-electron chi connectivity index (χ1n) is 9.58. The molecule has 0 bridgehead atoms. The highest BCUT2D eigenvalue weighted by Gasteiger charge is 2.24. The van der Waals surface area contributed by atoms with E-state index in [0.29, 0.717) is 5.92 Å². The second kappa shape index (κ2) is 8.14. The van der Waals surface area contributed by atoms with Crippen molar-refractivity contribution < 1.29 is 9.59 Å². The number of thioether (sulfide) groups is 1. The number of carbonyl (C=O) groups is 2. The van der Waals surface area contributed by atoms with Gasteiger partial charge in [0.05, 0.1) is 5.75 Å². The van der Waals surface area contributed by atoms with Crippen LogP contribution in [0.3, 0.4) is 0 Å². The van der Waals surface area contributed by atoms with Gasteiger partial charge in [0.25, 0.3) is 0 Å². The highest BCUT2D eigenvalue weighted by Crippen LogP contribution is 2.40. The molecule has 1 saturated carbocycles. The minimum Gasteiger partial charge on any atom is -0.335 e. The Morgan fingerprint density at radius 1 is 1.26 bits per heavy atom. The molecule has 2 heterocycles. The molecule has 2 aliphatic carbocycles. The fourth-order valence-electron chi connectivity index (χ4n) is 3.94. The number of amides is 3. The van der Waals surface area contributed by atoms with Crippen LogP contribution in [0.4, 0.5) is 4.79 Å². The molecule has 2 N–H and O–H groups in total. The number of imide groups is 1. The summed E-state index contributed by atoms with van der Waals surface area (Å²) in [5.74, 6) is 0.587. The molecule has 1 fully saturated rings. The van der Waals surface area contributed by atoms with Crippen LogP contribution in [0.1, 0.15) is 49.5 Å². The largest absolute Gasteiger partial charge is 0.335 e. The fraction of sp³-hybridized carbons (Fsp3) is 0.579. The Hall–Kier alpha value is -1.67. The first kappa shape index (κ1) is 18.7. The van der Waals surface area contributed by atoms with Gasteiger partial charge in [-0.25, -0.2) is 14.8 Å². The zero-order valence-electron chi connectivity index (χ0n) is 15.4. The van der Waals surface area contributed by atoms with Gasteiger partial charge in [-0.3, -0.25) is 10.1 Å². The Labute approximate surface area is 166 Å². The van der Waals surface area contributed by atoms with Crippen LogP contribution in [0, 0.1) is 5.92 Å². The molecule has 2 aromatic heterocycles. The van der Waals surface area contributed by atoms with Crippen LogP contribution in [-0.4, -0.2) is 33.7 Å². The van der Waals surface area contributed by atoms with E-state index in [1.165, 1.54) is 28.6 Å². The molecule has 0 aromatic carbocycles. The minimum absolute atomic E-state index is 0.172. The Bertz CT molecular complexity index is 861. The maximum Gasteiger partial charge on any atom is 0.321 e. The third kappa shape index (κ3) is 4.27. The Kier molecular flexibility index (Phi) is 5.63. The summed E-state index contributed by atoms with van der Waals surface area (Å²) in [4.78, 5) is 35.4. The lowest BCUT2D eigenvalue weighted by Crippen LogP contribution is -2.44. The topological polar surface area (TPSA) is 84.0 Å². The number of carbonyl (C=O) groups excluding carboxylic acids is 2. The third-order valence-corrected chi connectivity index (χ3v) is 7.49. The molecule has 2 aromatic rings.